The maximum Gasteiger partial charge on any atom is 0.338 e. The quantitative estimate of drug-likeness (QED) is 0.0115. The molecule has 0 radical (unpaired) electrons. The fourth-order valence-corrected chi connectivity index (χ4v) is 14.6. The molecule has 0 amide bonds. The van der Waals surface area contributed by atoms with Crippen LogP contribution in [0.5, 0.6) is 0 Å². The summed E-state index contributed by atoms with van der Waals surface area (Å²) in [6, 6.07) is 58.2. The summed E-state index contributed by atoms with van der Waals surface area (Å²) in [4.78, 5) is 86.2. The monoisotopic (exact) mass is 2020 g/mol. The zero-order chi connectivity index (χ0) is 107. The number of hydrogen-bond donors (Lipinski definition) is 0. The van der Waals surface area contributed by atoms with Gasteiger partial charge < -0.3 is 64.5 Å². The van der Waals surface area contributed by atoms with Gasteiger partial charge in [0.15, 0.2) is 0 Å². The Kier molecular flexibility index (Phi) is 92.0. The number of carbonyl (C=O) groups excluding carboxylic acids is 7. The standard InChI is InChI=1S/C18H30NO2.C17H29N2O2.C17H28NO2.2C15H24NO2.2C12H18NO2.2CH3Cl.4CH3F/c1-4-7-14-19(6-3,13-5-2)15-16-21-18(20)17-11-9-8-10-12-17;1-4-7-13-19(6-3,12-5-2)14-15-21-17(20)16-8-10-18-11-9-16;1-4-12-18(6-3,13-5-2)14-15-20-17(19)16-10-8-7-9-11-16;2*1-4-16(5-2,6-3)12-13-18-15(17)14-10-8-7-9-11-14;2*1-13(2,3)9-10-15-12(14)11-7-5-4-6-8-11;6*1-2/h8-12H,4-7,13-16H2,1-3H3;8-11H,4-7,12-15H2,1-3H3;7-11H,4-6,12-15H2,1-3H3;2*7-11H,4-6,12-13H2,1-3H3;2*4-8H,9-10H2,1-3H3;6*1H3/q7*+1;;;;;;. The van der Waals surface area contributed by atoms with Crippen LogP contribution in [0.2, 0.25) is 0 Å². The summed E-state index contributed by atoms with van der Waals surface area (Å²) in [7, 11) is 14.4. The van der Waals surface area contributed by atoms with Gasteiger partial charge in [-0.05, 0) is 186 Å². The van der Waals surface area contributed by atoms with Gasteiger partial charge in [0.2, 0.25) is 0 Å². The van der Waals surface area contributed by atoms with Gasteiger partial charge in [-0.2, -0.15) is 0 Å². The first kappa shape index (κ1) is 141. The molecule has 0 saturated heterocycles. The van der Waals surface area contributed by atoms with Crippen molar-refractivity contribution < 1.29 is 116 Å². The Morgan fingerprint density at radius 2 is 0.364 bits per heavy atom. The first-order valence-electron chi connectivity index (χ1n) is 49.9. The third kappa shape index (κ3) is 67.3. The molecule has 0 fully saturated rings. The molecule has 28 heteroatoms. The first-order valence-corrected chi connectivity index (χ1v) is 51.4. The third-order valence-electron chi connectivity index (χ3n) is 23.8. The van der Waals surface area contributed by atoms with E-state index in [0.29, 0.717) is 114 Å². The molecule has 0 aliphatic carbocycles. The number of quaternary nitrogens is 7. The second-order valence-electron chi connectivity index (χ2n) is 34.6. The number of halogens is 6. The molecule has 2 atom stereocenters. The molecule has 796 valence electrons. The number of benzene rings is 6. The molecule has 140 heavy (non-hydrogen) atoms. The Labute approximate surface area is 855 Å². The van der Waals surface area contributed by atoms with Gasteiger partial charge >= 0.3 is 41.8 Å². The van der Waals surface area contributed by atoms with Crippen LogP contribution < -0.4 is 0 Å². The van der Waals surface area contributed by atoms with E-state index in [1.807, 2.05) is 109 Å². The normalized spacial score (nSPS) is 11.3. The van der Waals surface area contributed by atoms with Gasteiger partial charge in [0.05, 0.1) is 208 Å². The highest BCUT2D eigenvalue weighted by molar-refractivity contribution is 6.15. The second-order valence-corrected chi connectivity index (χ2v) is 34.6. The number of ether oxygens (including phenoxy) is 7. The number of esters is 7. The molecule has 6 aromatic carbocycles. The van der Waals surface area contributed by atoms with Crippen LogP contribution in [0.4, 0.5) is 17.6 Å². The van der Waals surface area contributed by atoms with Crippen LogP contribution in [0.15, 0.2) is 207 Å². The fraction of sp³-hybridized carbons (Fsp3) is 0.571. The summed E-state index contributed by atoms with van der Waals surface area (Å²) in [6.07, 6.45) is 15.7. The predicted molar refractivity (Wildman–Crippen MR) is 573 cm³/mol. The lowest BCUT2D eigenvalue weighted by Gasteiger charge is -2.37. The van der Waals surface area contributed by atoms with Gasteiger partial charge in [0.25, 0.3) is 0 Å². The highest BCUT2D eigenvalue weighted by Gasteiger charge is 2.29. The van der Waals surface area contributed by atoms with Crippen molar-refractivity contribution in [3.05, 3.63) is 245 Å². The Hall–Kier alpha value is -9.22. The first-order chi connectivity index (χ1) is 67.3. The van der Waals surface area contributed by atoms with E-state index in [1.54, 1.807) is 97.3 Å². The molecule has 2 unspecified atom stereocenters. The van der Waals surface area contributed by atoms with Crippen LogP contribution in [0, 0.1) is 0 Å². The minimum Gasteiger partial charge on any atom is -0.456 e. The van der Waals surface area contributed by atoms with Crippen molar-refractivity contribution in [1.29, 1.82) is 0 Å². The second kappa shape index (κ2) is 91.0. The summed E-state index contributed by atoms with van der Waals surface area (Å²) < 4.78 is 82.0. The summed E-state index contributed by atoms with van der Waals surface area (Å²) >= 11 is 9.28. The van der Waals surface area contributed by atoms with Gasteiger partial charge in [-0.1, -0.05) is 164 Å². The average Bonchev–Trinajstić information content (AvgIpc) is 0.870. The zero-order valence-electron chi connectivity index (χ0n) is 91.4. The maximum absolute atomic E-state index is 12.0. The molecule has 0 saturated carbocycles. The lowest BCUT2D eigenvalue weighted by atomic mass is 10.2. The molecule has 0 N–H and O–H groups in total. The number of hydrogen-bond acceptors (Lipinski definition) is 15. The molecule has 0 spiro atoms. The number of likely N-dealkylation sites (N-methyl/N-ethyl adjacent to an activating group) is 7. The fourth-order valence-electron chi connectivity index (χ4n) is 14.6. The molecule has 0 aliphatic rings. The van der Waals surface area contributed by atoms with Gasteiger partial charge in [-0.3, -0.25) is 22.5 Å². The molecule has 0 aliphatic heterocycles. The van der Waals surface area contributed by atoms with Gasteiger partial charge in [0.1, 0.15) is 92.1 Å². The largest absolute Gasteiger partial charge is 0.456 e. The Morgan fingerprint density at radius 3 is 0.514 bits per heavy atom. The summed E-state index contributed by atoms with van der Waals surface area (Å²) in [5.74, 6) is -1.62. The SMILES string of the molecule is CCCC[N+](CC)(CCC)CCOC(=O)c1ccccc1.CCCC[N+](CC)(CCC)CCOC(=O)c1ccncc1.CCC[N+](CC)(CCC)CCOC(=O)c1ccccc1.CC[N+](CC)(CC)CCOC(=O)c1ccccc1.CC[N+](CC)(CC)CCOC(=O)c1ccccc1.CCl.CCl.CF.CF.CF.CF.C[N+](C)(C)CCOC(=O)c1ccccc1.C[N+](C)(C)CCOC(=O)c1ccccc1. The minimum atomic E-state index is -0.251. The number of aromatic nitrogens is 1. The average molecular weight is 2020 g/mol. The number of alkyl halides is 6. The summed E-state index contributed by atoms with van der Waals surface area (Å²) in [5.41, 5.74) is 4.31. The predicted octanol–water partition coefficient (Wildman–Crippen LogP) is 23.3. The Balaban J connectivity index is -0.000000368. The van der Waals surface area contributed by atoms with Crippen molar-refractivity contribution in [3.63, 3.8) is 0 Å². The van der Waals surface area contributed by atoms with Crippen molar-refractivity contribution in [2.24, 2.45) is 0 Å². The number of pyridine rings is 1. The van der Waals surface area contributed by atoms with E-state index in [4.69, 9.17) is 33.2 Å². The molecule has 7 rings (SSSR count). The van der Waals surface area contributed by atoms with Crippen molar-refractivity contribution in [3.8, 4) is 0 Å². The van der Waals surface area contributed by atoms with E-state index in [0.717, 1.165) is 162 Å². The smallest absolute Gasteiger partial charge is 0.338 e. The van der Waals surface area contributed by atoms with Crippen molar-refractivity contribution >= 4 is 65.0 Å². The van der Waals surface area contributed by atoms with Crippen LogP contribution >= 0.6 is 23.2 Å². The van der Waals surface area contributed by atoms with E-state index in [-0.39, 0.29) is 41.8 Å². The molecule has 0 bridgehead atoms. The van der Waals surface area contributed by atoms with E-state index in [2.05, 4.69) is 174 Å². The third-order valence-corrected chi connectivity index (χ3v) is 23.8. The van der Waals surface area contributed by atoms with Gasteiger partial charge in [-0.25, -0.2) is 33.6 Å². The summed E-state index contributed by atoms with van der Waals surface area (Å²) in [5, 5.41) is 0. The van der Waals surface area contributed by atoms with Crippen LogP contribution in [0.1, 0.15) is 228 Å². The Bertz CT molecular complexity index is 3800. The van der Waals surface area contributed by atoms with E-state index >= 15 is 0 Å². The topological polar surface area (TPSA) is 197 Å². The van der Waals surface area contributed by atoms with E-state index in [1.165, 1.54) is 77.3 Å². The zero-order valence-corrected chi connectivity index (χ0v) is 92.9. The van der Waals surface area contributed by atoms with Gasteiger partial charge in [-0.15, -0.1) is 23.2 Å². The van der Waals surface area contributed by atoms with Crippen LogP contribution in [0.25, 0.3) is 0 Å². The highest BCUT2D eigenvalue weighted by Crippen LogP contribution is 2.17. The summed E-state index contributed by atoms with van der Waals surface area (Å²) in [6.45, 7) is 59.5. The van der Waals surface area contributed by atoms with Crippen molar-refractivity contribution in [2.45, 2.75) is 155 Å². The molecular formula is C112H189Cl2F4N8O14+7. The Morgan fingerprint density at radius 1 is 0.214 bits per heavy atom. The van der Waals surface area contributed by atoms with Crippen LogP contribution in [0.3, 0.4) is 0 Å². The van der Waals surface area contributed by atoms with Crippen molar-refractivity contribution in [2.75, 3.05) is 274 Å². The molecule has 22 nitrogen and oxygen atoms in total. The highest BCUT2D eigenvalue weighted by atomic mass is 35.5. The minimum absolute atomic E-state index is 0.211. The van der Waals surface area contributed by atoms with Crippen LogP contribution in [-0.4, -0.2) is 352 Å². The van der Waals surface area contributed by atoms with Crippen LogP contribution in [-0.2, 0) is 33.2 Å². The molecular weight excluding hydrogens is 1830 g/mol. The number of carbonyl (C=O) groups is 7. The number of nitrogens with zero attached hydrogens (tertiary/aromatic N) is 8. The maximum atomic E-state index is 12.0. The lowest BCUT2D eigenvalue weighted by molar-refractivity contribution is -0.926. The number of unbranched alkanes of at least 4 members (excludes halogenated alkanes) is 2. The van der Waals surface area contributed by atoms with E-state index < -0.39 is 0 Å². The molecule has 7 aromatic rings. The molecule has 1 heterocycles. The van der Waals surface area contributed by atoms with E-state index in [9.17, 15) is 51.1 Å². The lowest BCUT2D eigenvalue weighted by Crippen LogP contribution is -2.51. The molecule has 1 aromatic heterocycles. The number of rotatable bonds is 51. The van der Waals surface area contributed by atoms with Crippen molar-refractivity contribution in [1.82, 2.24) is 4.98 Å². The van der Waals surface area contributed by atoms with Gasteiger partial charge in [0, 0.05) is 25.2 Å².